The summed E-state index contributed by atoms with van der Waals surface area (Å²) in [7, 11) is 0. The first kappa shape index (κ1) is 11.5. The molecule has 0 aliphatic rings. The van der Waals surface area contributed by atoms with Crippen LogP contribution in [0.15, 0.2) is 53.6 Å². The highest BCUT2D eigenvalue weighted by Crippen LogP contribution is 2.08. The minimum Gasteiger partial charge on any atom is -0.399 e. The molecule has 1 aromatic carbocycles. The van der Waals surface area contributed by atoms with E-state index in [-0.39, 0.29) is 5.43 Å². The zero-order chi connectivity index (χ0) is 12.1. The van der Waals surface area contributed by atoms with Gasteiger partial charge in [-0.25, -0.2) is 0 Å². The Morgan fingerprint density at radius 3 is 2.29 bits per heavy atom. The quantitative estimate of drug-likeness (QED) is 0.814. The Hall–Kier alpha value is -2.03. The van der Waals surface area contributed by atoms with Gasteiger partial charge < -0.3 is 10.3 Å². The fraction of sp³-hybridized carbons (Fsp3) is 0.214. The fourth-order valence-electron chi connectivity index (χ4n) is 1.74. The third-order valence-corrected chi connectivity index (χ3v) is 2.72. The Morgan fingerprint density at radius 1 is 1.00 bits per heavy atom. The molecule has 0 atom stereocenters. The van der Waals surface area contributed by atoms with Crippen LogP contribution >= 0.6 is 0 Å². The van der Waals surface area contributed by atoms with E-state index in [0.717, 1.165) is 25.1 Å². The number of hydrogen-bond acceptors (Lipinski definition) is 2. The summed E-state index contributed by atoms with van der Waals surface area (Å²) in [5.74, 6) is 0. The van der Waals surface area contributed by atoms with E-state index in [1.807, 2.05) is 29.1 Å². The standard InChI is InChI=1S/C14H16N2O/c15-13-5-3-12(4-6-13)2-1-9-16-10-7-14(17)8-11-16/h3-8,10-11H,1-2,9,15H2. The van der Waals surface area contributed by atoms with Crippen LogP contribution < -0.4 is 11.2 Å². The number of rotatable bonds is 4. The maximum absolute atomic E-state index is 10.9. The minimum absolute atomic E-state index is 0.0554. The molecule has 0 amide bonds. The molecule has 0 saturated carbocycles. The van der Waals surface area contributed by atoms with E-state index in [1.165, 1.54) is 5.56 Å². The monoisotopic (exact) mass is 228 g/mol. The minimum atomic E-state index is 0.0554. The zero-order valence-corrected chi connectivity index (χ0v) is 9.67. The molecule has 2 N–H and O–H groups in total. The van der Waals surface area contributed by atoms with Gasteiger partial charge in [0.05, 0.1) is 0 Å². The molecule has 3 nitrogen and oxygen atoms in total. The molecule has 0 aliphatic heterocycles. The summed E-state index contributed by atoms with van der Waals surface area (Å²) in [6, 6.07) is 11.1. The Bertz CT molecular complexity index is 508. The largest absolute Gasteiger partial charge is 0.399 e. The summed E-state index contributed by atoms with van der Waals surface area (Å²) in [5, 5.41) is 0. The van der Waals surface area contributed by atoms with E-state index in [4.69, 9.17) is 5.73 Å². The SMILES string of the molecule is Nc1ccc(CCCn2ccc(=O)cc2)cc1. The second kappa shape index (κ2) is 5.34. The molecule has 0 fully saturated rings. The molecule has 0 saturated heterocycles. The number of anilines is 1. The van der Waals surface area contributed by atoms with Gasteiger partial charge in [-0.1, -0.05) is 12.1 Å². The maximum atomic E-state index is 10.9. The predicted molar refractivity (Wildman–Crippen MR) is 69.9 cm³/mol. The first-order valence-corrected chi connectivity index (χ1v) is 5.74. The lowest BCUT2D eigenvalue weighted by Crippen LogP contribution is -2.04. The zero-order valence-electron chi connectivity index (χ0n) is 9.67. The highest BCUT2D eigenvalue weighted by Gasteiger charge is 1.94. The molecule has 3 heteroatoms. The normalized spacial score (nSPS) is 10.4. The molecule has 17 heavy (non-hydrogen) atoms. The van der Waals surface area contributed by atoms with Crippen molar-refractivity contribution in [1.29, 1.82) is 0 Å². The van der Waals surface area contributed by atoms with Crippen molar-refractivity contribution >= 4 is 5.69 Å². The average Bonchev–Trinajstić information content (AvgIpc) is 2.34. The summed E-state index contributed by atoms with van der Waals surface area (Å²) in [6.45, 7) is 0.921. The lowest BCUT2D eigenvalue weighted by molar-refractivity contribution is 0.638. The Labute approximate surface area is 101 Å². The number of hydrogen-bond donors (Lipinski definition) is 1. The van der Waals surface area contributed by atoms with Gasteiger partial charge >= 0.3 is 0 Å². The Balaban J connectivity index is 1.85. The van der Waals surface area contributed by atoms with Crippen molar-refractivity contribution in [2.45, 2.75) is 19.4 Å². The molecule has 0 radical (unpaired) electrons. The number of benzene rings is 1. The summed E-state index contributed by atoms with van der Waals surface area (Å²) >= 11 is 0. The van der Waals surface area contributed by atoms with Crippen LogP contribution in [0.2, 0.25) is 0 Å². The first-order chi connectivity index (χ1) is 8.24. The molecule has 1 aromatic heterocycles. The van der Waals surface area contributed by atoms with Gasteiger partial charge in [0.15, 0.2) is 5.43 Å². The third-order valence-electron chi connectivity index (χ3n) is 2.72. The lowest BCUT2D eigenvalue weighted by atomic mass is 10.1. The number of aryl methyl sites for hydroxylation is 2. The van der Waals surface area contributed by atoms with Crippen LogP contribution in [-0.4, -0.2) is 4.57 Å². The smallest absolute Gasteiger partial charge is 0.181 e. The van der Waals surface area contributed by atoms with E-state index in [2.05, 4.69) is 12.1 Å². The van der Waals surface area contributed by atoms with Crippen molar-refractivity contribution < 1.29 is 0 Å². The van der Waals surface area contributed by atoms with Gasteiger partial charge in [0.25, 0.3) is 0 Å². The van der Waals surface area contributed by atoms with Crippen molar-refractivity contribution in [1.82, 2.24) is 4.57 Å². The van der Waals surface area contributed by atoms with Crippen molar-refractivity contribution in [2.24, 2.45) is 0 Å². The van der Waals surface area contributed by atoms with Gasteiger partial charge in [0.2, 0.25) is 0 Å². The number of nitrogen functional groups attached to an aromatic ring is 1. The summed E-state index contributed by atoms with van der Waals surface area (Å²) < 4.78 is 2.03. The summed E-state index contributed by atoms with van der Waals surface area (Å²) in [4.78, 5) is 10.9. The molecule has 0 aliphatic carbocycles. The number of nitrogens with zero attached hydrogens (tertiary/aromatic N) is 1. The van der Waals surface area contributed by atoms with Crippen LogP contribution in [0.4, 0.5) is 5.69 Å². The van der Waals surface area contributed by atoms with Crippen molar-refractivity contribution in [2.75, 3.05) is 5.73 Å². The molecule has 2 aromatic rings. The van der Waals surface area contributed by atoms with Gasteiger partial charge in [0, 0.05) is 36.8 Å². The topological polar surface area (TPSA) is 48.0 Å². The summed E-state index contributed by atoms with van der Waals surface area (Å²) in [5.41, 5.74) is 7.77. The van der Waals surface area contributed by atoms with E-state index in [1.54, 1.807) is 12.1 Å². The number of nitrogens with two attached hydrogens (primary N) is 1. The fourth-order valence-corrected chi connectivity index (χ4v) is 1.74. The van der Waals surface area contributed by atoms with Crippen molar-refractivity contribution in [3.63, 3.8) is 0 Å². The molecule has 0 bridgehead atoms. The van der Waals surface area contributed by atoms with E-state index in [0.29, 0.717) is 0 Å². The van der Waals surface area contributed by atoms with E-state index in [9.17, 15) is 4.79 Å². The molecule has 2 rings (SSSR count). The third kappa shape index (κ3) is 3.48. The van der Waals surface area contributed by atoms with Crippen molar-refractivity contribution in [3.8, 4) is 0 Å². The van der Waals surface area contributed by atoms with Crippen LogP contribution in [0.25, 0.3) is 0 Å². The van der Waals surface area contributed by atoms with Crippen molar-refractivity contribution in [3.05, 3.63) is 64.6 Å². The second-order valence-electron chi connectivity index (χ2n) is 4.12. The van der Waals surface area contributed by atoms with Crippen LogP contribution in [0.1, 0.15) is 12.0 Å². The molecular weight excluding hydrogens is 212 g/mol. The van der Waals surface area contributed by atoms with Gasteiger partial charge in [-0.05, 0) is 30.5 Å². The Morgan fingerprint density at radius 2 is 1.65 bits per heavy atom. The maximum Gasteiger partial charge on any atom is 0.181 e. The molecule has 0 spiro atoms. The number of aromatic nitrogens is 1. The first-order valence-electron chi connectivity index (χ1n) is 5.74. The van der Waals surface area contributed by atoms with Gasteiger partial charge in [-0.2, -0.15) is 0 Å². The highest BCUT2D eigenvalue weighted by atomic mass is 16.1. The molecule has 88 valence electrons. The van der Waals surface area contributed by atoms with Crippen LogP contribution in [0, 0.1) is 0 Å². The van der Waals surface area contributed by atoms with E-state index >= 15 is 0 Å². The summed E-state index contributed by atoms with van der Waals surface area (Å²) in [6.07, 6.45) is 5.72. The van der Waals surface area contributed by atoms with Crippen LogP contribution in [0.3, 0.4) is 0 Å². The van der Waals surface area contributed by atoms with Gasteiger partial charge in [0.1, 0.15) is 0 Å². The predicted octanol–water partition coefficient (Wildman–Crippen LogP) is 2.06. The molecular formula is C14H16N2O. The van der Waals surface area contributed by atoms with Gasteiger partial charge in [-0.15, -0.1) is 0 Å². The molecule has 0 unspecified atom stereocenters. The van der Waals surface area contributed by atoms with Crippen LogP contribution in [-0.2, 0) is 13.0 Å². The van der Waals surface area contributed by atoms with Crippen LogP contribution in [0.5, 0.6) is 0 Å². The average molecular weight is 228 g/mol. The molecule has 1 heterocycles. The Kier molecular flexibility index (Phi) is 3.60. The highest BCUT2D eigenvalue weighted by molar-refractivity contribution is 5.39. The lowest BCUT2D eigenvalue weighted by Gasteiger charge is -2.05. The van der Waals surface area contributed by atoms with E-state index < -0.39 is 0 Å². The second-order valence-corrected chi connectivity index (χ2v) is 4.12. The number of pyridine rings is 1. The van der Waals surface area contributed by atoms with Gasteiger partial charge in [-0.3, -0.25) is 4.79 Å².